The smallest absolute Gasteiger partial charge is 0.338 e. The lowest BCUT2D eigenvalue weighted by atomic mass is 10.1. The molecule has 5 nitrogen and oxygen atoms in total. The van der Waals surface area contributed by atoms with Gasteiger partial charge >= 0.3 is 5.97 Å². The van der Waals surface area contributed by atoms with Crippen LogP contribution in [0.5, 0.6) is 0 Å². The van der Waals surface area contributed by atoms with Crippen LogP contribution in [0.25, 0.3) is 0 Å². The number of furan rings is 1. The van der Waals surface area contributed by atoms with E-state index in [9.17, 15) is 4.79 Å². The number of ether oxygens (including phenoxy) is 1. The van der Waals surface area contributed by atoms with E-state index in [-0.39, 0.29) is 11.2 Å². The van der Waals surface area contributed by atoms with Crippen molar-refractivity contribution in [1.82, 2.24) is 5.32 Å². The molecule has 2 N–H and O–H groups in total. The molecule has 1 aromatic rings. The summed E-state index contributed by atoms with van der Waals surface area (Å²) < 4.78 is 10.3. The molecule has 0 saturated heterocycles. The van der Waals surface area contributed by atoms with Gasteiger partial charge in [0.1, 0.15) is 12.0 Å². The fraction of sp³-hybridized carbons (Fsp3) is 0.545. The molecule has 0 fully saturated rings. The molecule has 0 aromatic carbocycles. The first-order chi connectivity index (χ1) is 7.44. The van der Waals surface area contributed by atoms with Crippen LogP contribution in [0.1, 0.15) is 30.0 Å². The van der Waals surface area contributed by atoms with Gasteiger partial charge in [-0.3, -0.25) is 0 Å². The van der Waals surface area contributed by atoms with Gasteiger partial charge < -0.3 is 19.6 Å². The van der Waals surface area contributed by atoms with E-state index in [0.29, 0.717) is 18.8 Å². The van der Waals surface area contributed by atoms with E-state index in [2.05, 4.69) is 5.32 Å². The summed E-state index contributed by atoms with van der Waals surface area (Å²) in [6.07, 6.45) is 1.24. The summed E-state index contributed by atoms with van der Waals surface area (Å²) in [5.41, 5.74) is -0.0785. The molecule has 0 unspecified atom stereocenters. The Kier molecular flexibility index (Phi) is 4.09. The van der Waals surface area contributed by atoms with Crippen LogP contribution < -0.4 is 5.32 Å². The van der Waals surface area contributed by atoms with Crippen molar-refractivity contribution in [3.8, 4) is 0 Å². The van der Waals surface area contributed by atoms with E-state index >= 15 is 0 Å². The molecule has 5 heteroatoms. The average Bonchev–Trinajstić information content (AvgIpc) is 2.66. The zero-order chi connectivity index (χ0) is 12.2. The Morgan fingerprint density at radius 3 is 2.81 bits per heavy atom. The monoisotopic (exact) mass is 227 g/mol. The highest BCUT2D eigenvalue weighted by Crippen LogP contribution is 2.09. The van der Waals surface area contributed by atoms with Crippen molar-refractivity contribution >= 4 is 5.97 Å². The number of carbonyl (C=O) groups is 1. The minimum absolute atomic E-state index is 0.169. The van der Waals surface area contributed by atoms with Gasteiger partial charge in [-0.05, 0) is 19.9 Å². The number of carboxylic acid groups (broad SMARTS) is 1. The molecule has 0 bridgehead atoms. The predicted molar refractivity (Wildman–Crippen MR) is 58.5 cm³/mol. The Morgan fingerprint density at radius 1 is 1.62 bits per heavy atom. The van der Waals surface area contributed by atoms with Gasteiger partial charge in [0.05, 0.1) is 17.7 Å². The molecule has 0 saturated carbocycles. The Bertz CT molecular complexity index is 357. The summed E-state index contributed by atoms with van der Waals surface area (Å²) in [4.78, 5) is 10.6. The largest absolute Gasteiger partial charge is 0.478 e. The van der Waals surface area contributed by atoms with Crippen LogP contribution in [0.15, 0.2) is 16.7 Å². The molecule has 16 heavy (non-hydrogen) atoms. The van der Waals surface area contributed by atoms with Gasteiger partial charge in [-0.15, -0.1) is 0 Å². The minimum atomic E-state index is -0.979. The van der Waals surface area contributed by atoms with Crippen molar-refractivity contribution in [3.63, 3.8) is 0 Å². The van der Waals surface area contributed by atoms with Crippen molar-refractivity contribution in [3.05, 3.63) is 23.7 Å². The molecular formula is C11H17NO4. The number of methoxy groups -OCH3 is 1. The van der Waals surface area contributed by atoms with Crippen molar-refractivity contribution < 1.29 is 19.1 Å². The second-order valence-electron chi connectivity index (χ2n) is 4.17. The minimum Gasteiger partial charge on any atom is -0.478 e. The van der Waals surface area contributed by atoms with E-state index in [4.69, 9.17) is 14.3 Å². The first-order valence-corrected chi connectivity index (χ1v) is 5.01. The molecule has 0 amide bonds. The van der Waals surface area contributed by atoms with Crippen molar-refractivity contribution in [2.75, 3.05) is 13.7 Å². The first-order valence-electron chi connectivity index (χ1n) is 5.01. The highest BCUT2D eigenvalue weighted by Gasteiger charge is 2.15. The van der Waals surface area contributed by atoms with Crippen molar-refractivity contribution in [2.45, 2.75) is 26.0 Å². The summed E-state index contributed by atoms with van der Waals surface area (Å²) in [5, 5.41) is 11.8. The lowest BCUT2D eigenvalue weighted by molar-refractivity contribution is 0.0227. The third kappa shape index (κ3) is 3.67. The fourth-order valence-corrected chi connectivity index (χ4v) is 1.14. The maximum atomic E-state index is 10.6. The third-order valence-corrected chi connectivity index (χ3v) is 2.30. The summed E-state index contributed by atoms with van der Waals surface area (Å²) in [6.45, 7) is 5.07. The van der Waals surface area contributed by atoms with Gasteiger partial charge in [-0.1, -0.05) is 0 Å². The third-order valence-electron chi connectivity index (χ3n) is 2.30. The lowest BCUT2D eigenvalue weighted by Gasteiger charge is -2.22. The zero-order valence-electron chi connectivity index (χ0n) is 9.74. The quantitative estimate of drug-likeness (QED) is 0.770. The lowest BCUT2D eigenvalue weighted by Crippen LogP contribution is -2.36. The predicted octanol–water partition coefficient (Wildman–Crippen LogP) is 1.49. The molecule has 0 aliphatic heterocycles. The van der Waals surface area contributed by atoms with Gasteiger partial charge in [0, 0.05) is 13.7 Å². The molecule has 0 atom stereocenters. The standard InChI is InChI=1S/C11H17NO4/c1-11(2,15-3)7-12-5-9-4-8(6-16-9)10(13)14/h4,6,12H,5,7H2,1-3H3,(H,13,14). The van der Waals surface area contributed by atoms with Gasteiger partial charge in [0.2, 0.25) is 0 Å². The number of aromatic carboxylic acids is 1. The van der Waals surface area contributed by atoms with E-state index in [1.54, 1.807) is 7.11 Å². The number of hydrogen-bond acceptors (Lipinski definition) is 4. The van der Waals surface area contributed by atoms with Gasteiger partial charge in [0.25, 0.3) is 0 Å². The van der Waals surface area contributed by atoms with Crippen LogP contribution in [0.4, 0.5) is 0 Å². The Hall–Kier alpha value is -1.33. The number of rotatable bonds is 6. The second-order valence-corrected chi connectivity index (χ2v) is 4.17. The maximum Gasteiger partial charge on any atom is 0.338 e. The Balaban J connectivity index is 2.40. The Labute approximate surface area is 94.4 Å². The van der Waals surface area contributed by atoms with Crippen LogP contribution in [0, 0.1) is 0 Å². The molecule has 90 valence electrons. The molecule has 0 radical (unpaired) electrons. The van der Waals surface area contributed by atoms with E-state index < -0.39 is 5.97 Å². The van der Waals surface area contributed by atoms with Gasteiger partial charge in [0.15, 0.2) is 0 Å². The summed E-state index contributed by atoms with van der Waals surface area (Å²) in [7, 11) is 1.65. The van der Waals surface area contributed by atoms with Crippen LogP contribution in [0.2, 0.25) is 0 Å². The van der Waals surface area contributed by atoms with Crippen LogP contribution in [0.3, 0.4) is 0 Å². The molecule has 1 aromatic heterocycles. The molecule has 1 heterocycles. The fourth-order valence-electron chi connectivity index (χ4n) is 1.14. The van der Waals surface area contributed by atoms with E-state index in [0.717, 1.165) is 0 Å². The normalized spacial score (nSPS) is 11.7. The van der Waals surface area contributed by atoms with Crippen LogP contribution in [-0.2, 0) is 11.3 Å². The molecule has 0 aliphatic carbocycles. The van der Waals surface area contributed by atoms with Gasteiger partial charge in [-0.25, -0.2) is 4.79 Å². The SMILES string of the molecule is COC(C)(C)CNCc1cc(C(=O)O)co1. The van der Waals surface area contributed by atoms with Crippen LogP contribution in [-0.4, -0.2) is 30.3 Å². The van der Waals surface area contributed by atoms with Crippen molar-refractivity contribution in [2.24, 2.45) is 0 Å². The summed E-state index contributed by atoms with van der Waals surface area (Å²) >= 11 is 0. The molecular weight excluding hydrogens is 210 g/mol. The van der Waals surface area contributed by atoms with E-state index in [1.165, 1.54) is 12.3 Å². The number of hydrogen-bond donors (Lipinski definition) is 2. The molecule has 1 rings (SSSR count). The highest BCUT2D eigenvalue weighted by molar-refractivity contribution is 5.87. The second kappa shape index (κ2) is 5.14. The zero-order valence-corrected chi connectivity index (χ0v) is 9.74. The first kappa shape index (κ1) is 12.7. The van der Waals surface area contributed by atoms with E-state index in [1.807, 2.05) is 13.8 Å². The maximum absolute atomic E-state index is 10.6. The van der Waals surface area contributed by atoms with Crippen molar-refractivity contribution in [1.29, 1.82) is 0 Å². The highest BCUT2D eigenvalue weighted by atomic mass is 16.5. The topological polar surface area (TPSA) is 71.7 Å². The summed E-state index contributed by atoms with van der Waals surface area (Å²) in [6, 6.07) is 1.51. The number of carboxylic acids is 1. The van der Waals surface area contributed by atoms with Gasteiger partial charge in [-0.2, -0.15) is 0 Å². The summed E-state index contributed by atoms with van der Waals surface area (Å²) in [5.74, 6) is -0.378. The Morgan fingerprint density at radius 2 is 2.31 bits per heavy atom. The molecule has 0 aliphatic rings. The van der Waals surface area contributed by atoms with Crippen LogP contribution >= 0.6 is 0 Å². The number of nitrogens with one attached hydrogen (secondary N) is 1. The molecule has 0 spiro atoms. The average molecular weight is 227 g/mol.